The Morgan fingerprint density at radius 3 is 2.52 bits per heavy atom. The molecule has 0 aliphatic carbocycles. The van der Waals surface area contributed by atoms with Crippen LogP contribution in [0.1, 0.15) is 72.2 Å². The summed E-state index contributed by atoms with van der Waals surface area (Å²) in [5.74, 6) is 1.04. The van der Waals surface area contributed by atoms with Gasteiger partial charge in [-0.1, -0.05) is 13.0 Å². The predicted molar refractivity (Wildman–Crippen MR) is 150 cm³/mol. The predicted octanol–water partition coefficient (Wildman–Crippen LogP) is 3.21. The van der Waals surface area contributed by atoms with Gasteiger partial charge in [-0.15, -0.1) is 0 Å². The first-order valence-corrected chi connectivity index (χ1v) is 14.4. The Kier molecular flexibility index (Phi) is 7.23. The lowest BCUT2D eigenvalue weighted by Gasteiger charge is -2.60. The normalized spacial score (nSPS) is 25.7. The third kappa shape index (κ3) is 4.20. The number of aliphatic hydroxyl groups is 1. The minimum Gasteiger partial charge on any atom is -0.504 e. The lowest BCUT2D eigenvalue weighted by Crippen LogP contribution is -2.68. The van der Waals surface area contributed by atoms with Gasteiger partial charge in [0.2, 0.25) is 6.79 Å². The van der Waals surface area contributed by atoms with Gasteiger partial charge in [0.1, 0.15) is 18.6 Å². The molecule has 2 N–H and O–H groups in total. The van der Waals surface area contributed by atoms with Crippen molar-refractivity contribution < 1.29 is 43.5 Å². The van der Waals surface area contributed by atoms with Crippen LogP contribution in [0, 0.1) is 13.8 Å². The molecule has 6 rings (SSSR count). The number of methoxy groups -OCH3 is 1. The summed E-state index contributed by atoms with van der Waals surface area (Å²) >= 11 is 0. The van der Waals surface area contributed by atoms with Crippen LogP contribution < -0.4 is 18.9 Å². The molecule has 0 saturated carbocycles. The average Bonchev–Trinajstić information content (AvgIpc) is 3.43. The van der Waals surface area contributed by atoms with E-state index in [4.69, 9.17) is 23.7 Å². The van der Waals surface area contributed by atoms with Crippen molar-refractivity contribution in [2.75, 3.05) is 27.6 Å². The van der Waals surface area contributed by atoms with Crippen LogP contribution in [0.3, 0.4) is 0 Å². The maximum absolute atomic E-state index is 12.6. The van der Waals surface area contributed by atoms with Crippen molar-refractivity contribution in [1.29, 1.82) is 0 Å². The molecule has 42 heavy (non-hydrogen) atoms. The van der Waals surface area contributed by atoms with Gasteiger partial charge in [-0.05, 0) is 51.3 Å². The zero-order valence-corrected chi connectivity index (χ0v) is 24.9. The highest BCUT2D eigenvalue weighted by molar-refractivity contribution is 5.74. The number of rotatable bonds is 6. The molecule has 226 valence electrons. The van der Waals surface area contributed by atoms with Gasteiger partial charge >= 0.3 is 11.9 Å². The Balaban J connectivity index is 1.57. The van der Waals surface area contributed by atoms with Crippen molar-refractivity contribution in [2.45, 2.75) is 83.8 Å². The second-order valence-electron chi connectivity index (χ2n) is 11.6. The molecule has 1 saturated heterocycles. The number of piperazine rings is 1. The summed E-state index contributed by atoms with van der Waals surface area (Å²) < 4.78 is 29.0. The molecule has 2 bridgehead atoms. The van der Waals surface area contributed by atoms with E-state index in [9.17, 15) is 19.8 Å². The number of phenolic OH excluding ortho intramolecular Hbond substituents is 1. The molecular formula is C31H38N2O9. The number of phenols is 1. The number of likely N-dealkylation sites (N-methyl/N-ethyl adjacent to an activating group) is 1. The van der Waals surface area contributed by atoms with Gasteiger partial charge in [0, 0.05) is 41.6 Å². The highest BCUT2D eigenvalue weighted by atomic mass is 16.7. The van der Waals surface area contributed by atoms with Gasteiger partial charge in [0.25, 0.3) is 0 Å². The number of esters is 2. The van der Waals surface area contributed by atoms with E-state index in [1.807, 2.05) is 38.8 Å². The van der Waals surface area contributed by atoms with E-state index < -0.39 is 24.3 Å². The first kappa shape index (κ1) is 28.6. The van der Waals surface area contributed by atoms with Gasteiger partial charge in [-0.2, -0.15) is 0 Å². The molecule has 0 spiro atoms. The molecule has 5 atom stereocenters. The fourth-order valence-corrected chi connectivity index (χ4v) is 7.53. The number of nitrogens with zero attached hydrogens (tertiary/aromatic N) is 2. The Morgan fingerprint density at radius 2 is 1.83 bits per heavy atom. The largest absolute Gasteiger partial charge is 0.504 e. The van der Waals surface area contributed by atoms with Crippen molar-refractivity contribution >= 4 is 11.9 Å². The molecule has 11 nitrogen and oxygen atoms in total. The molecular weight excluding hydrogens is 544 g/mol. The number of aryl methyl sites for hydroxylation is 1. The Bertz CT molecular complexity index is 1460. The van der Waals surface area contributed by atoms with Crippen LogP contribution in [0.5, 0.6) is 28.7 Å². The van der Waals surface area contributed by atoms with E-state index in [0.717, 1.165) is 22.3 Å². The molecule has 0 aromatic heterocycles. The van der Waals surface area contributed by atoms with Crippen LogP contribution >= 0.6 is 0 Å². The maximum Gasteiger partial charge on any atom is 0.308 e. The smallest absolute Gasteiger partial charge is 0.308 e. The molecule has 2 unspecified atom stereocenters. The van der Waals surface area contributed by atoms with Crippen LogP contribution in [0.25, 0.3) is 0 Å². The summed E-state index contributed by atoms with van der Waals surface area (Å²) in [5.41, 5.74) is 4.56. The highest BCUT2D eigenvalue weighted by Crippen LogP contribution is 2.58. The molecule has 1 fully saturated rings. The van der Waals surface area contributed by atoms with E-state index in [1.165, 1.54) is 14.0 Å². The Morgan fingerprint density at radius 1 is 1.10 bits per heavy atom. The second-order valence-corrected chi connectivity index (χ2v) is 11.6. The highest BCUT2D eigenvalue weighted by Gasteiger charge is 2.56. The van der Waals surface area contributed by atoms with E-state index in [0.29, 0.717) is 53.4 Å². The molecule has 4 aliphatic rings. The third-order valence-corrected chi connectivity index (χ3v) is 9.20. The molecule has 2 aromatic carbocycles. The summed E-state index contributed by atoms with van der Waals surface area (Å²) in [6, 6.07) is 0.348. The molecule has 0 radical (unpaired) electrons. The van der Waals surface area contributed by atoms with Gasteiger partial charge in [-0.3, -0.25) is 19.4 Å². The number of aromatic hydroxyl groups is 1. The molecule has 2 aromatic rings. The van der Waals surface area contributed by atoms with Crippen LogP contribution in [-0.4, -0.2) is 77.8 Å². The van der Waals surface area contributed by atoms with Crippen molar-refractivity contribution in [1.82, 2.24) is 9.80 Å². The van der Waals surface area contributed by atoms with E-state index in [1.54, 1.807) is 0 Å². The number of aliphatic hydroxyl groups excluding tert-OH is 1. The van der Waals surface area contributed by atoms with Crippen LogP contribution in [0.15, 0.2) is 6.07 Å². The number of carbonyl (C=O) groups is 2. The monoisotopic (exact) mass is 582 g/mol. The lowest BCUT2D eigenvalue weighted by molar-refractivity contribution is -0.183. The van der Waals surface area contributed by atoms with E-state index >= 15 is 0 Å². The van der Waals surface area contributed by atoms with Crippen LogP contribution in [-0.2, 0) is 27.2 Å². The second kappa shape index (κ2) is 10.6. The summed E-state index contributed by atoms with van der Waals surface area (Å²) in [7, 11) is 3.49. The first-order valence-electron chi connectivity index (χ1n) is 14.4. The fourth-order valence-electron chi connectivity index (χ4n) is 7.53. The zero-order chi connectivity index (χ0) is 30.0. The summed E-state index contributed by atoms with van der Waals surface area (Å²) in [5, 5.41) is 23.6. The van der Waals surface area contributed by atoms with Crippen molar-refractivity contribution in [3.8, 4) is 28.7 Å². The van der Waals surface area contributed by atoms with E-state index in [2.05, 4.69) is 4.90 Å². The maximum atomic E-state index is 12.6. The van der Waals surface area contributed by atoms with Crippen molar-refractivity contribution in [3.05, 3.63) is 39.4 Å². The summed E-state index contributed by atoms with van der Waals surface area (Å²) in [6.07, 6.45) is 0.842. The third-order valence-electron chi connectivity index (χ3n) is 9.20. The Hall–Kier alpha value is -3.54. The van der Waals surface area contributed by atoms with Gasteiger partial charge in [0.05, 0.1) is 25.2 Å². The summed E-state index contributed by atoms with van der Waals surface area (Å²) in [4.78, 5) is 29.0. The quantitative estimate of drug-likeness (QED) is 0.385. The number of hydrogen-bond acceptors (Lipinski definition) is 11. The van der Waals surface area contributed by atoms with Crippen molar-refractivity contribution in [3.63, 3.8) is 0 Å². The fraction of sp³-hybridized carbons (Fsp3) is 0.548. The van der Waals surface area contributed by atoms with Crippen LogP contribution in [0.4, 0.5) is 0 Å². The first-order chi connectivity index (χ1) is 20.1. The molecule has 0 amide bonds. The van der Waals surface area contributed by atoms with Crippen molar-refractivity contribution in [2.24, 2.45) is 0 Å². The molecule has 4 aliphatic heterocycles. The minimum absolute atomic E-state index is 0.00512. The minimum atomic E-state index is -0.937. The zero-order valence-electron chi connectivity index (χ0n) is 24.9. The standard InChI is InChI=1S/C31H38N2O9/c1-7-8-22(35)39-12-21-24-18(28(42-16(4)34)15(3)29-30(24)41-13-40-29)11-19-25-23-17(9-14(2)27(38-6)26(23)36)10-20(32(25)5)31(37)33(19)21/h9,19-21,25,31,36-37H,7-8,10-13H2,1-6H3/t19?,20-,21+,25-,31?/m1/s1. The van der Waals surface area contributed by atoms with Gasteiger partial charge < -0.3 is 33.9 Å². The molecule has 11 heteroatoms. The van der Waals surface area contributed by atoms with Gasteiger partial charge in [0.15, 0.2) is 23.0 Å². The lowest BCUT2D eigenvalue weighted by atomic mass is 9.73. The van der Waals surface area contributed by atoms with Gasteiger partial charge in [-0.25, -0.2) is 0 Å². The summed E-state index contributed by atoms with van der Waals surface area (Å²) in [6.45, 7) is 6.92. The number of hydrogen-bond donors (Lipinski definition) is 2. The molecule has 4 heterocycles. The van der Waals surface area contributed by atoms with Crippen LogP contribution in [0.2, 0.25) is 0 Å². The Labute approximate surface area is 244 Å². The topological polar surface area (TPSA) is 127 Å². The number of carbonyl (C=O) groups excluding carboxylic acids is 2. The SMILES string of the molecule is CCCC(=O)OC[C@H]1c2c(c(OC(C)=O)c(C)c3c2OCO3)CC2[C@@H]3c4c(cc(C)c(OC)c4O)C[C@H](C(O)N21)N3C. The number of fused-ring (bicyclic) bond motifs is 9. The number of benzene rings is 2. The van der Waals surface area contributed by atoms with E-state index in [-0.39, 0.29) is 43.6 Å². The average molecular weight is 583 g/mol. The number of ether oxygens (including phenoxy) is 5.